The molecule has 2 heterocycles. The average Bonchev–Trinajstić information content (AvgIpc) is 2.89. The summed E-state index contributed by atoms with van der Waals surface area (Å²) in [6.45, 7) is 0. The van der Waals surface area contributed by atoms with E-state index in [4.69, 9.17) is 14.2 Å². The standard InChI is InChI=1S/C24H21N5O5S/c1-32-18-10-6-11-19(16-18)34-20-21(29-35(30,31)15-12-17-8-4-3-5-9-17)27-23(28-24(20)33-2)22-25-13-7-14-26-22/h3-16H,1-2H3,(H,27,28,29)/b15-12+. The number of rotatable bonds is 9. The number of methoxy groups -OCH3 is 2. The van der Waals surface area contributed by atoms with Gasteiger partial charge in [0.25, 0.3) is 15.9 Å². The van der Waals surface area contributed by atoms with Gasteiger partial charge in [-0.2, -0.15) is 4.98 Å². The van der Waals surface area contributed by atoms with Gasteiger partial charge in [-0.1, -0.05) is 36.4 Å². The molecule has 1 N–H and O–H groups in total. The number of sulfonamides is 1. The van der Waals surface area contributed by atoms with Crippen LogP contribution in [0.5, 0.6) is 23.1 Å². The van der Waals surface area contributed by atoms with Gasteiger partial charge in [0.2, 0.25) is 11.6 Å². The maximum atomic E-state index is 12.9. The van der Waals surface area contributed by atoms with Crippen molar-refractivity contribution in [3.05, 3.63) is 84.0 Å². The van der Waals surface area contributed by atoms with Gasteiger partial charge in [0.05, 0.1) is 19.6 Å². The second-order valence-electron chi connectivity index (χ2n) is 6.95. The van der Waals surface area contributed by atoms with Gasteiger partial charge in [0.15, 0.2) is 11.6 Å². The van der Waals surface area contributed by atoms with Crippen molar-refractivity contribution < 1.29 is 22.6 Å². The van der Waals surface area contributed by atoms with Crippen molar-refractivity contribution >= 4 is 21.9 Å². The Bertz CT molecular complexity index is 1430. The molecule has 11 heteroatoms. The second kappa shape index (κ2) is 10.6. The molecule has 0 unspecified atom stereocenters. The van der Waals surface area contributed by atoms with Crippen LogP contribution < -0.4 is 18.9 Å². The zero-order chi connectivity index (χ0) is 24.7. The lowest BCUT2D eigenvalue weighted by molar-refractivity contribution is 0.362. The summed E-state index contributed by atoms with van der Waals surface area (Å²) in [5, 5.41) is 1.03. The molecule has 0 radical (unpaired) electrons. The lowest BCUT2D eigenvalue weighted by Crippen LogP contribution is -2.13. The fourth-order valence-corrected chi connectivity index (χ4v) is 3.74. The van der Waals surface area contributed by atoms with Crippen LogP contribution in [0.4, 0.5) is 5.82 Å². The van der Waals surface area contributed by atoms with Gasteiger partial charge >= 0.3 is 0 Å². The van der Waals surface area contributed by atoms with Gasteiger partial charge in [0.1, 0.15) is 11.5 Å². The van der Waals surface area contributed by atoms with Crippen molar-refractivity contribution in [2.24, 2.45) is 0 Å². The normalized spacial score (nSPS) is 11.3. The third kappa shape index (κ3) is 6.09. The van der Waals surface area contributed by atoms with Crippen LogP contribution in [0.15, 0.2) is 78.5 Å². The molecule has 0 aliphatic rings. The van der Waals surface area contributed by atoms with Gasteiger partial charge < -0.3 is 14.2 Å². The Kier molecular flexibility index (Phi) is 7.17. The first-order valence-electron chi connectivity index (χ1n) is 10.3. The van der Waals surface area contributed by atoms with E-state index >= 15 is 0 Å². The van der Waals surface area contributed by atoms with Crippen LogP contribution in [-0.2, 0) is 10.0 Å². The van der Waals surface area contributed by atoms with Gasteiger partial charge in [-0.15, -0.1) is 0 Å². The minimum absolute atomic E-state index is 0.0185. The van der Waals surface area contributed by atoms with E-state index in [-0.39, 0.29) is 29.1 Å². The van der Waals surface area contributed by atoms with Crippen LogP contribution in [0, 0.1) is 0 Å². The van der Waals surface area contributed by atoms with Crippen LogP contribution in [0.1, 0.15) is 5.56 Å². The lowest BCUT2D eigenvalue weighted by atomic mass is 10.2. The Morgan fingerprint density at radius 3 is 2.29 bits per heavy atom. The molecule has 0 aliphatic carbocycles. The zero-order valence-electron chi connectivity index (χ0n) is 18.8. The maximum Gasteiger partial charge on any atom is 0.263 e. The number of hydrogen-bond acceptors (Lipinski definition) is 9. The Hall–Kier alpha value is -4.51. The summed E-state index contributed by atoms with van der Waals surface area (Å²) in [7, 11) is -1.10. The zero-order valence-corrected chi connectivity index (χ0v) is 19.6. The number of nitrogens with one attached hydrogen (secondary N) is 1. The van der Waals surface area contributed by atoms with Gasteiger partial charge in [-0.3, -0.25) is 4.72 Å². The van der Waals surface area contributed by atoms with Crippen LogP contribution in [0.2, 0.25) is 0 Å². The Labute approximate surface area is 202 Å². The monoisotopic (exact) mass is 491 g/mol. The molecule has 2 aromatic carbocycles. The van der Waals surface area contributed by atoms with Crippen molar-refractivity contribution in [2.45, 2.75) is 0 Å². The third-order valence-electron chi connectivity index (χ3n) is 4.53. The Morgan fingerprint density at radius 1 is 0.829 bits per heavy atom. The molecule has 0 bridgehead atoms. The largest absolute Gasteiger partial charge is 0.497 e. The average molecular weight is 492 g/mol. The molecular formula is C24H21N5O5S. The highest BCUT2D eigenvalue weighted by molar-refractivity contribution is 7.95. The highest BCUT2D eigenvalue weighted by atomic mass is 32.2. The van der Waals surface area contributed by atoms with Crippen molar-refractivity contribution in [3.8, 4) is 34.8 Å². The molecule has 4 rings (SSSR count). The minimum Gasteiger partial charge on any atom is -0.497 e. The van der Waals surface area contributed by atoms with E-state index in [1.165, 1.54) is 32.7 Å². The first-order chi connectivity index (χ1) is 17.0. The van der Waals surface area contributed by atoms with Gasteiger partial charge in [-0.25, -0.2) is 23.4 Å². The molecular weight excluding hydrogens is 470 g/mol. The van der Waals surface area contributed by atoms with Crippen molar-refractivity contribution in [3.63, 3.8) is 0 Å². The maximum absolute atomic E-state index is 12.9. The summed E-state index contributed by atoms with van der Waals surface area (Å²) >= 11 is 0. The second-order valence-corrected chi connectivity index (χ2v) is 8.51. The molecule has 2 aromatic heterocycles. The fourth-order valence-electron chi connectivity index (χ4n) is 2.93. The molecule has 0 saturated carbocycles. The van der Waals surface area contributed by atoms with Crippen LogP contribution in [0.25, 0.3) is 17.7 Å². The van der Waals surface area contributed by atoms with Crippen LogP contribution >= 0.6 is 0 Å². The molecule has 0 fully saturated rings. The number of ether oxygens (including phenoxy) is 3. The Balaban J connectivity index is 1.77. The SMILES string of the molecule is COc1cccc(Oc2c(NS(=O)(=O)/C=C/c3ccccc3)nc(-c3ncccn3)nc2OC)c1. The highest BCUT2D eigenvalue weighted by Gasteiger charge is 2.23. The summed E-state index contributed by atoms with van der Waals surface area (Å²) in [5.74, 6) is 0.913. The number of anilines is 1. The molecule has 0 spiro atoms. The lowest BCUT2D eigenvalue weighted by Gasteiger charge is -2.15. The van der Waals surface area contributed by atoms with Crippen molar-refractivity contribution in [1.82, 2.24) is 19.9 Å². The van der Waals surface area contributed by atoms with Crippen LogP contribution in [-0.4, -0.2) is 42.6 Å². The van der Waals surface area contributed by atoms with E-state index in [0.29, 0.717) is 17.1 Å². The van der Waals surface area contributed by atoms with Crippen molar-refractivity contribution in [2.75, 3.05) is 18.9 Å². The van der Waals surface area contributed by atoms with E-state index < -0.39 is 10.0 Å². The minimum atomic E-state index is -4.01. The fraction of sp³-hybridized carbons (Fsp3) is 0.0833. The predicted molar refractivity (Wildman–Crippen MR) is 131 cm³/mol. The van der Waals surface area contributed by atoms with Gasteiger partial charge in [-0.05, 0) is 29.8 Å². The summed E-state index contributed by atoms with van der Waals surface area (Å²) in [4.78, 5) is 16.9. The number of hydrogen-bond donors (Lipinski definition) is 1. The molecule has 10 nitrogen and oxygen atoms in total. The molecule has 0 aliphatic heterocycles. The molecule has 0 atom stereocenters. The number of nitrogens with zero attached hydrogens (tertiary/aromatic N) is 4. The molecule has 178 valence electrons. The summed E-state index contributed by atoms with van der Waals surface area (Å²) in [5.41, 5.74) is 0.712. The molecule has 4 aromatic rings. The van der Waals surface area contributed by atoms with Crippen molar-refractivity contribution in [1.29, 1.82) is 0 Å². The molecule has 0 amide bonds. The van der Waals surface area contributed by atoms with E-state index in [1.807, 2.05) is 6.07 Å². The quantitative estimate of drug-likeness (QED) is 0.367. The predicted octanol–water partition coefficient (Wildman–Crippen LogP) is 4.16. The van der Waals surface area contributed by atoms with E-state index in [9.17, 15) is 8.42 Å². The van der Waals surface area contributed by atoms with Crippen LogP contribution in [0.3, 0.4) is 0 Å². The summed E-state index contributed by atoms with van der Waals surface area (Å²) in [6, 6.07) is 17.4. The molecule has 0 saturated heterocycles. The highest BCUT2D eigenvalue weighted by Crippen LogP contribution is 2.38. The van der Waals surface area contributed by atoms with E-state index in [0.717, 1.165) is 5.41 Å². The first-order valence-corrected chi connectivity index (χ1v) is 11.8. The number of benzene rings is 2. The third-order valence-corrected chi connectivity index (χ3v) is 5.51. The molecule has 35 heavy (non-hydrogen) atoms. The Morgan fingerprint density at radius 2 is 1.57 bits per heavy atom. The smallest absolute Gasteiger partial charge is 0.263 e. The number of aromatic nitrogens is 4. The van der Waals surface area contributed by atoms with Gasteiger partial charge in [0, 0.05) is 18.5 Å². The van der Waals surface area contributed by atoms with E-state index in [2.05, 4.69) is 24.7 Å². The summed E-state index contributed by atoms with van der Waals surface area (Å²) < 4.78 is 44.9. The first kappa shape index (κ1) is 23.6. The topological polar surface area (TPSA) is 125 Å². The summed E-state index contributed by atoms with van der Waals surface area (Å²) in [6.07, 6.45) is 4.50. The van der Waals surface area contributed by atoms with E-state index in [1.54, 1.807) is 54.6 Å².